The van der Waals surface area contributed by atoms with Gasteiger partial charge < -0.3 is 14.8 Å². The molecule has 6 nitrogen and oxygen atoms in total. The second kappa shape index (κ2) is 10.7. The van der Waals surface area contributed by atoms with Crippen molar-refractivity contribution in [3.05, 3.63) is 21.4 Å². The molecule has 8 heteroatoms. The van der Waals surface area contributed by atoms with E-state index in [9.17, 15) is 14.4 Å². The van der Waals surface area contributed by atoms with Crippen LogP contribution in [0.5, 0.6) is 0 Å². The molecule has 0 spiro atoms. The third-order valence-electron chi connectivity index (χ3n) is 3.40. The second-order valence-electron chi connectivity index (χ2n) is 7.09. The van der Waals surface area contributed by atoms with Gasteiger partial charge in [0, 0.05) is 23.6 Å². The first-order chi connectivity index (χ1) is 12.5. The number of carbonyl (C=O) groups is 3. The molecule has 0 unspecified atom stereocenters. The lowest BCUT2D eigenvalue weighted by atomic mass is 10.1. The third-order valence-corrected chi connectivity index (χ3v) is 5.74. The largest absolute Gasteiger partial charge is 0.462 e. The lowest BCUT2D eigenvalue weighted by Gasteiger charge is -2.21. The number of hydrogen-bond donors (Lipinski definition) is 1. The molecule has 0 aromatic carbocycles. The second-order valence-corrected chi connectivity index (χ2v) is 9.70. The number of esters is 1. The predicted octanol–water partition coefficient (Wildman–Crippen LogP) is 4.34. The minimum Gasteiger partial charge on any atom is -0.462 e. The summed E-state index contributed by atoms with van der Waals surface area (Å²) in [6.45, 7) is 11.3. The molecule has 0 aliphatic carbocycles. The summed E-state index contributed by atoms with van der Waals surface area (Å²) in [5.74, 6) is -0.307. The fourth-order valence-electron chi connectivity index (χ4n) is 2.31. The van der Waals surface area contributed by atoms with Crippen molar-refractivity contribution >= 4 is 40.3 Å². The SMILES string of the molecule is CCOC(=O)c1cc(C)c(CC[C@@H](CNC(=O)OC(C)(C)C)SC(C)=O)s1. The molecule has 0 radical (unpaired) electrons. The number of ether oxygens (including phenoxy) is 2. The molecular weight excluding hydrogens is 386 g/mol. The first-order valence-corrected chi connectivity index (χ1v) is 10.6. The average molecular weight is 416 g/mol. The van der Waals surface area contributed by atoms with E-state index in [1.165, 1.54) is 30.0 Å². The number of amides is 1. The Bertz CT molecular complexity index is 664. The van der Waals surface area contributed by atoms with Gasteiger partial charge in [-0.2, -0.15) is 0 Å². The summed E-state index contributed by atoms with van der Waals surface area (Å²) >= 11 is 2.63. The number of nitrogens with one attached hydrogen (secondary N) is 1. The molecule has 1 aromatic heterocycles. The smallest absolute Gasteiger partial charge is 0.407 e. The van der Waals surface area contributed by atoms with Gasteiger partial charge in [0.1, 0.15) is 10.5 Å². The van der Waals surface area contributed by atoms with Crippen LogP contribution in [0.3, 0.4) is 0 Å². The molecule has 1 rings (SSSR count). The van der Waals surface area contributed by atoms with Crippen LogP contribution in [-0.2, 0) is 20.7 Å². The van der Waals surface area contributed by atoms with Crippen molar-refractivity contribution in [1.29, 1.82) is 0 Å². The zero-order valence-corrected chi connectivity index (χ0v) is 18.5. The maximum absolute atomic E-state index is 11.9. The van der Waals surface area contributed by atoms with Gasteiger partial charge in [0.15, 0.2) is 5.12 Å². The minimum atomic E-state index is -0.565. The van der Waals surface area contributed by atoms with Gasteiger partial charge in [0.05, 0.1) is 6.61 Å². The van der Waals surface area contributed by atoms with E-state index in [0.29, 0.717) is 24.4 Å². The summed E-state index contributed by atoms with van der Waals surface area (Å²) in [5.41, 5.74) is 0.472. The molecule has 0 aliphatic rings. The first-order valence-electron chi connectivity index (χ1n) is 8.92. The van der Waals surface area contributed by atoms with Crippen molar-refractivity contribution in [2.75, 3.05) is 13.2 Å². The maximum atomic E-state index is 11.9. The molecule has 1 heterocycles. The topological polar surface area (TPSA) is 81.7 Å². The summed E-state index contributed by atoms with van der Waals surface area (Å²) in [7, 11) is 0. The summed E-state index contributed by atoms with van der Waals surface area (Å²) in [5, 5.41) is 2.66. The van der Waals surface area contributed by atoms with E-state index in [1.54, 1.807) is 27.7 Å². The summed E-state index contributed by atoms with van der Waals surface area (Å²) in [6.07, 6.45) is 0.925. The molecule has 0 saturated carbocycles. The first kappa shape index (κ1) is 23.5. The highest BCUT2D eigenvalue weighted by atomic mass is 32.2. The number of alkyl carbamates (subject to hydrolysis) is 1. The zero-order valence-electron chi connectivity index (χ0n) is 16.8. The normalized spacial score (nSPS) is 12.4. The van der Waals surface area contributed by atoms with E-state index in [4.69, 9.17) is 9.47 Å². The fraction of sp³-hybridized carbons (Fsp3) is 0.632. The Balaban J connectivity index is 2.66. The molecule has 1 amide bonds. The van der Waals surface area contributed by atoms with Crippen LogP contribution in [0.15, 0.2) is 6.07 Å². The number of rotatable bonds is 8. The summed E-state index contributed by atoms with van der Waals surface area (Å²) in [4.78, 5) is 36.9. The van der Waals surface area contributed by atoms with E-state index in [0.717, 1.165) is 16.9 Å². The number of carbonyl (C=O) groups excluding carboxylic acids is 3. The Labute approximate surface area is 169 Å². The summed E-state index contributed by atoms with van der Waals surface area (Å²) in [6, 6.07) is 1.84. The molecule has 27 heavy (non-hydrogen) atoms. The van der Waals surface area contributed by atoms with Crippen molar-refractivity contribution in [2.45, 2.75) is 65.2 Å². The molecule has 0 fully saturated rings. The fourth-order valence-corrected chi connectivity index (χ4v) is 4.27. The van der Waals surface area contributed by atoms with Gasteiger partial charge in [0.25, 0.3) is 0 Å². The van der Waals surface area contributed by atoms with Gasteiger partial charge in [-0.3, -0.25) is 4.79 Å². The van der Waals surface area contributed by atoms with Gasteiger partial charge in [-0.15, -0.1) is 11.3 Å². The molecule has 1 aromatic rings. The highest BCUT2D eigenvalue weighted by Crippen LogP contribution is 2.26. The monoisotopic (exact) mass is 415 g/mol. The Hall–Kier alpha value is -1.54. The van der Waals surface area contributed by atoms with E-state index in [2.05, 4.69) is 5.32 Å². The van der Waals surface area contributed by atoms with Gasteiger partial charge in [0.2, 0.25) is 0 Å². The summed E-state index contributed by atoms with van der Waals surface area (Å²) < 4.78 is 10.3. The lowest BCUT2D eigenvalue weighted by Crippen LogP contribution is -2.36. The van der Waals surface area contributed by atoms with Crippen LogP contribution in [0, 0.1) is 6.92 Å². The van der Waals surface area contributed by atoms with Crippen molar-refractivity contribution in [3.63, 3.8) is 0 Å². The Morgan fingerprint density at radius 3 is 2.52 bits per heavy atom. The standard InChI is InChI=1S/C19H29NO5S2/c1-7-24-17(22)16-10-12(2)15(27-16)9-8-14(26-13(3)21)11-20-18(23)25-19(4,5)6/h10,14H,7-9,11H2,1-6H3,(H,20,23)/t14-/m0/s1. The highest BCUT2D eigenvalue weighted by molar-refractivity contribution is 8.14. The Kier molecular flexibility index (Phi) is 9.32. The molecular formula is C19H29NO5S2. The van der Waals surface area contributed by atoms with Crippen LogP contribution in [0.25, 0.3) is 0 Å². The minimum absolute atomic E-state index is 0.00102. The van der Waals surface area contributed by atoms with Gasteiger partial charge in [-0.1, -0.05) is 11.8 Å². The van der Waals surface area contributed by atoms with Crippen molar-refractivity contribution in [1.82, 2.24) is 5.32 Å². The van der Waals surface area contributed by atoms with Crippen LogP contribution in [-0.4, -0.2) is 41.2 Å². The van der Waals surface area contributed by atoms with Crippen LogP contribution in [0.1, 0.15) is 61.2 Å². The average Bonchev–Trinajstić information content (AvgIpc) is 2.89. The van der Waals surface area contributed by atoms with Crippen LogP contribution in [0.2, 0.25) is 0 Å². The Morgan fingerprint density at radius 2 is 1.96 bits per heavy atom. The van der Waals surface area contributed by atoms with E-state index in [1.807, 2.05) is 13.0 Å². The van der Waals surface area contributed by atoms with E-state index in [-0.39, 0.29) is 16.3 Å². The molecule has 152 valence electrons. The van der Waals surface area contributed by atoms with Gasteiger partial charge >= 0.3 is 12.1 Å². The third kappa shape index (κ3) is 9.28. The number of hydrogen-bond acceptors (Lipinski definition) is 7. The predicted molar refractivity (Wildman–Crippen MR) is 110 cm³/mol. The molecule has 0 aliphatic heterocycles. The van der Waals surface area contributed by atoms with Crippen LogP contribution < -0.4 is 5.32 Å². The molecule has 1 N–H and O–H groups in total. The molecule has 0 saturated heterocycles. The van der Waals surface area contributed by atoms with Gasteiger partial charge in [-0.05, 0) is 59.1 Å². The highest BCUT2D eigenvalue weighted by Gasteiger charge is 2.20. The maximum Gasteiger partial charge on any atom is 0.407 e. The molecule has 1 atom stereocenters. The quantitative estimate of drug-likeness (QED) is 0.636. The van der Waals surface area contributed by atoms with Crippen LogP contribution in [0.4, 0.5) is 4.79 Å². The molecule has 0 bridgehead atoms. The zero-order chi connectivity index (χ0) is 20.6. The van der Waals surface area contributed by atoms with E-state index < -0.39 is 11.7 Å². The van der Waals surface area contributed by atoms with Crippen molar-refractivity contribution < 1.29 is 23.9 Å². The van der Waals surface area contributed by atoms with Crippen molar-refractivity contribution in [3.8, 4) is 0 Å². The number of thiophene rings is 1. The number of aryl methyl sites for hydroxylation is 2. The van der Waals surface area contributed by atoms with Gasteiger partial charge in [-0.25, -0.2) is 9.59 Å². The lowest BCUT2D eigenvalue weighted by molar-refractivity contribution is -0.109. The Morgan fingerprint density at radius 1 is 1.30 bits per heavy atom. The van der Waals surface area contributed by atoms with Crippen LogP contribution >= 0.6 is 23.1 Å². The van der Waals surface area contributed by atoms with E-state index >= 15 is 0 Å². The number of thioether (sulfide) groups is 1. The van der Waals surface area contributed by atoms with Crippen molar-refractivity contribution in [2.24, 2.45) is 0 Å².